The zero-order valence-corrected chi connectivity index (χ0v) is 11.0. The van der Waals surface area contributed by atoms with Gasteiger partial charge in [-0.2, -0.15) is 0 Å². The smallest absolute Gasteiger partial charge is 0.129 e. The molecule has 2 heterocycles. The summed E-state index contributed by atoms with van der Waals surface area (Å²) in [6, 6.07) is 0.597. The highest BCUT2D eigenvalue weighted by Gasteiger charge is 2.37. The monoisotopic (exact) mass is 240 g/mol. The predicted octanol–water partition coefficient (Wildman–Crippen LogP) is 0.618. The average molecular weight is 240 g/mol. The van der Waals surface area contributed by atoms with Crippen molar-refractivity contribution in [3.8, 4) is 0 Å². The van der Waals surface area contributed by atoms with Gasteiger partial charge in [-0.05, 0) is 19.9 Å². The molecular weight excluding hydrogens is 216 g/mol. The van der Waals surface area contributed by atoms with E-state index < -0.39 is 0 Å². The van der Waals surface area contributed by atoms with Crippen LogP contribution in [0, 0.1) is 5.41 Å². The summed E-state index contributed by atoms with van der Waals surface area (Å²) in [6.07, 6.45) is 2.01. The summed E-state index contributed by atoms with van der Waals surface area (Å²) >= 11 is 0. The van der Waals surface area contributed by atoms with Gasteiger partial charge in [0.25, 0.3) is 0 Å². The van der Waals surface area contributed by atoms with Gasteiger partial charge in [0.05, 0.1) is 12.0 Å². The molecule has 2 rings (SSSR count). The minimum Gasteiger partial charge on any atom is -0.380 e. The molecule has 0 aromatic rings. The fraction of sp³-hybridized carbons (Fsp3) is 0.923. The zero-order chi connectivity index (χ0) is 12.3. The maximum absolute atomic E-state index is 11.3. The first-order valence-electron chi connectivity index (χ1n) is 6.69. The van der Waals surface area contributed by atoms with Crippen LogP contribution in [-0.4, -0.2) is 68.1 Å². The summed E-state index contributed by atoms with van der Waals surface area (Å²) in [6.45, 7) is 11.1. The average Bonchev–Trinajstić information content (AvgIpc) is 2.79. The maximum Gasteiger partial charge on any atom is 0.129 e. The van der Waals surface area contributed by atoms with Crippen molar-refractivity contribution in [2.45, 2.75) is 26.3 Å². The number of nitrogens with zero attached hydrogens (tertiary/aromatic N) is 2. The third-order valence-corrected chi connectivity index (χ3v) is 4.18. The van der Waals surface area contributed by atoms with E-state index in [1.807, 2.05) is 0 Å². The lowest BCUT2D eigenvalue weighted by Gasteiger charge is -2.41. The highest BCUT2D eigenvalue weighted by Crippen LogP contribution is 2.28. The Balaban J connectivity index is 1.89. The first-order valence-corrected chi connectivity index (χ1v) is 6.69. The molecule has 0 aromatic heterocycles. The second-order valence-electron chi connectivity index (χ2n) is 5.50. The molecule has 2 aliphatic heterocycles. The van der Waals surface area contributed by atoms with Gasteiger partial charge in [0.2, 0.25) is 0 Å². The third kappa shape index (κ3) is 2.87. The second kappa shape index (κ2) is 5.46. The SMILES string of the molecule is CCN1CCN(CC2(C=O)CCOC2)CC1C. The van der Waals surface area contributed by atoms with Crippen molar-refractivity contribution in [2.24, 2.45) is 5.41 Å². The van der Waals surface area contributed by atoms with Crippen LogP contribution in [0.25, 0.3) is 0 Å². The summed E-state index contributed by atoms with van der Waals surface area (Å²) in [4.78, 5) is 16.2. The molecule has 0 amide bonds. The van der Waals surface area contributed by atoms with Gasteiger partial charge in [-0.3, -0.25) is 9.80 Å². The van der Waals surface area contributed by atoms with Gasteiger partial charge in [-0.25, -0.2) is 0 Å². The van der Waals surface area contributed by atoms with Gasteiger partial charge < -0.3 is 9.53 Å². The third-order valence-electron chi connectivity index (χ3n) is 4.18. The molecule has 98 valence electrons. The van der Waals surface area contributed by atoms with Crippen LogP contribution in [0.4, 0.5) is 0 Å². The van der Waals surface area contributed by atoms with E-state index in [-0.39, 0.29) is 5.41 Å². The molecule has 4 nitrogen and oxygen atoms in total. The number of piperazine rings is 1. The topological polar surface area (TPSA) is 32.8 Å². The van der Waals surface area contributed by atoms with E-state index in [9.17, 15) is 4.79 Å². The number of ether oxygens (including phenoxy) is 1. The van der Waals surface area contributed by atoms with Crippen LogP contribution in [0.3, 0.4) is 0 Å². The van der Waals surface area contributed by atoms with Crippen molar-refractivity contribution in [3.05, 3.63) is 0 Å². The lowest BCUT2D eigenvalue weighted by molar-refractivity contribution is -0.117. The molecule has 17 heavy (non-hydrogen) atoms. The maximum atomic E-state index is 11.3. The Labute approximate surface area is 104 Å². The van der Waals surface area contributed by atoms with Crippen molar-refractivity contribution >= 4 is 6.29 Å². The minimum absolute atomic E-state index is 0.228. The van der Waals surface area contributed by atoms with E-state index in [2.05, 4.69) is 23.6 Å². The number of carbonyl (C=O) groups excluding carboxylic acids is 1. The molecule has 2 saturated heterocycles. The Kier molecular flexibility index (Phi) is 4.17. The number of aldehydes is 1. The van der Waals surface area contributed by atoms with E-state index in [1.54, 1.807) is 0 Å². The van der Waals surface area contributed by atoms with Crippen molar-refractivity contribution in [2.75, 3.05) is 45.9 Å². The Morgan fingerprint density at radius 2 is 2.29 bits per heavy atom. The first-order chi connectivity index (χ1) is 8.19. The molecule has 0 aliphatic carbocycles. The standard InChI is InChI=1S/C13H24N2O2/c1-3-15-6-5-14(8-12(15)2)9-13(10-16)4-7-17-11-13/h10,12H,3-9,11H2,1-2H3. The van der Waals surface area contributed by atoms with Crippen LogP contribution in [-0.2, 0) is 9.53 Å². The molecule has 0 saturated carbocycles. The molecule has 2 aliphatic rings. The summed E-state index contributed by atoms with van der Waals surface area (Å²) in [5.41, 5.74) is -0.228. The quantitative estimate of drug-likeness (QED) is 0.674. The van der Waals surface area contributed by atoms with E-state index >= 15 is 0 Å². The number of rotatable bonds is 4. The van der Waals surface area contributed by atoms with Crippen molar-refractivity contribution in [1.29, 1.82) is 0 Å². The number of carbonyl (C=O) groups is 1. The van der Waals surface area contributed by atoms with Crippen LogP contribution in [0.15, 0.2) is 0 Å². The van der Waals surface area contributed by atoms with Crippen molar-refractivity contribution < 1.29 is 9.53 Å². The Morgan fingerprint density at radius 1 is 1.47 bits per heavy atom. The molecule has 4 heteroatoms. The molecule has 0 spiro atoms. The van der Waals surface area contributed by atoms with Crippen LogP contribution in [0.2, 0.25) is 0 Å². The fourth-order valence-electron chi connectivity index (χ4n) is 3.01. The predicted molar refractivity (Wildman–Crippen MR) is 67.1 cm³/mol. The molecule has 2 fully saturated rings. The Morgan fingerprint density at radius 3 is 2.82 bits per heavy atom. The van der Waals surface area contributed by atoms with Gasteiger partial charge in [0.1, 0.15) is 6.29 Å². The molecular formula is C13H24N2O2. The summed E-state index contributed by atoms with van der Waals surface area (Å²) in [5, 5.41) is 0. The highest BCUT2D eigenvalue weighted by molar-refractivity contribution is 5.60. The zero-order valence-electron chi connectivity index (χ0n) is 11.0. The minimum atomic E-state index is -0.228. The normalized spacial score (nSPS) is 36.2. The van der Waals surface area contributed by atoms with Gasteiger partial charge in [0, 0.05) is 38.8 Å². The lowest BCUT2D eigenvalue weighted by Crippen LogP contribution is -2.54. The van der Waals surface area contributed by atoms with Gasteiger partial charge in [-0.1, -0.05) is 6.92 Å². The van der Waals surface area contributed by atoms with Gasteiger partial charge in [0.15, 0.2) is 0 Å². The van der Waals surface area contributed by atoms with Crippen molar-refractivity contribution in [1.82, 2.24) is 9.80 Å². The number of hydrogen-bond donors (Lipinski definition) is 0. The van der Waals surface area contributed by atoms with Crippen LogP contribution in [0.5, 0.6) is 0 Å². The number of hydrogen-bond acceptors (Lipinski definition) is 4. The number of likely N-dealkylation sites (N-methyl/N-ethyl adjacent to an activating group) is 1. The van der Waals surface area contributed by atoms with Crippen LogP contribution >= 0.6 is 0 Å². The molecule has 0 radical (unpaired) electrons. The molecule has 2 atom stereocenters. The largest absolute Gasteiger partial charge is 0.380 e. The lowest BCUT2D eigenvalue weighted by atomic mass is 9.88. The highest BCUT2D eigenvalue weighted by atomic mass is 16.5. The summed E-state index contributed by atoms with van der Waals surface area (Å²) in [7, 11) is 0. The molecule has 0 bridgehead atoms. The van der Waals surface area contributed by atoms with E-state index in [0.29, 0.717) is 12.6 Å². The molecule has 0 aromatic carbocycles. The van der Waals surface area contributed by atoms with Crippen LogP contribution in [0.1, 0.15) is 20.3 Å². The van der Waals surface area contributed by atoms with Crippen molar-refractivity contribution in [3.63, 3.8) is 0 Å². The first kappa shape index (κ1) is 13.0. The Hall–Kier alpha value is -0.450. The van der Waals surface area contributed by atoms with E-state index in [1.165, 1.54) is 0 Å². The summed E-state index contributed by atoms with van der Waals surface area (Å²) < 4.78 is 5.39. The van der Waals surface area contributed by atoms with Gasteiger partial charge in [-0.15, -0.1) is 0 Å². The van der Waals surface area contributed by atoms with E-state index in [0.717, 1.165) is 52.0 Å². The van der Waals surface area contributed by atoms with Crippen LogP contribution < -0.4 is 0 Å². The summed E-state index contributed by atoms with van der Waals surface area (Å²) in [5.74, 6) is 0. The second-order valence-corrected chi connectivity index (χ2v) is 5.50. The molecule has 0 N–H and O–H groups in total. The Bertz CT molecular complexity index is 264. The van der Waals surface area contributed by atoms with Gasteiger partial charge >= 0.3 is 0 Å². The molecule has 2 unspecified atom stereocenters. The fourth-order valence-corrected chi connectivity index (χ4v) is 3.01. The van der Waals surface area contributed by atoms with E-state index in [4.69, 9.17) is 4.74 Å².